The van der Waals surface area contributed by atoms with Gasteiger partial charge < -0.3 is 15.1 Å². The first-order chi connectivity index (χ1) is 7.66. The van der Waals surface area contributed by atoms with Gasteiger partial charge in [-0.2, -0.15) is 0 Å². The molecular formula is C12H13NO3. The van der Waals surface area contributed by atoms with E-state index in [2.05, 4.69) is 0 Å². The van der Waals surface area contributed by atoms with E-state index >= 15 is 0 Å². The molecule has 4 nitrogen and oxygen atoms in total. The Morgan fingerprint density at radius 2 is 1.94 bits per heavy atom. The number of benzene rings is 1. The number of aromatic hydroxyl groups is 2. The van der Waals surface area contributed by atoms with E-state index in [1.54, 1.807) is 12.1 Å². The second-order valence-electron chi connectivity index (χ2n) is 4.43. The molecular weight excluding hydrogens is 206 g/mol. The minimum absolute atomic E-state index is 0.0727. The number of amides is 1. The molecule has 1 saturated heterocycles. The SMILES string of the molecule is O=C1CC[C@@H]2c3cc(O)c(O)cc3CCN12. The lowest BCUT2D eigenvalue weighted by Crippen LogP contribution is -2.34. The third kappa shape index (κ3) is 1.19. The Bertz CT molecular complexity index is 470. The number of rotatable bonds is 0. The van der Waals surface area contributed by atoms with Gasteiger partial charge in [-0.25, -0.2) is 0 Å². The predicted octanol–water partition coefficient (Wildman–Crippen LogP) is 1.32. The molecule has 4 heteroatoms. The molecule has 0 unspecified atom stereocenters. The molecule has 1 atom stereocenters. The monoisotopic (exact) mass is 219 g/mol. The van der Waals surface area contributed by atoms with E-state index in [1.807, 2.05) is 4.90 Å². The van der Waals surface area contributed by atoms with Crippen LogP contribution in [0.3, 0.4) is 0 Å². The molecule has 0 radical (unpaired) electrons. The molecule has 2 aliphatic rings. The molecule has 2 aliphatic heterocycles. The van der Waals surface area contributed by atoms with Crippen LogP contribution < -0.4 is 0 Å². The number of nitrogens with zero attached hydrogens (tertiary/aromatic N) is 1. The van der Waals surface area contributed by atoms with Gasteiger partial charge in [0.05, 0.1) is 6.04 Å². The molecule has 1 aromatic carbocycles. The molecule has 2 heterocycles. The van der Waals surface area contributed by atoms with E-state index in [0.717, 1.165) is 30.5 Å². The van der Waals surface area contributed by atoms with Crippen molar-refractivity contribution in [2.75, 3.05) is 6.54 Å². The third-order valence-corrected chi connectivity index (χ3v) is 3.55. The molecule has 0 bridgehead atoms. The summed E-state index contributed by atoms with van der Waals surface area (Å²) in [5.41, 5.74) is 2.04. The van der Waals surface area contributed by atoms with Gasteiger partial charge in [0, 0.05) is 13.0 Å². The van der Waals surface area contributed by atoms with Gasteiger partial charge in [-0.05, 0) is 36.1 Å². The first-order valence-corrected chi connectivity index (χ1v) is 5.51. The van der Waals surface area contributed by atoms with Crippen LogP contribution in [-0.2, 0) is 11.2 Å². The number of fused-ring (bicyclic) bond motifs is 3. The number of carbonyl (C=O) groups is 1. The van der Waals surface area contributed by atoms with Crippen molar-refractivity contribution in [2.24, 2.45) is 0 Å². The fourth-order valence-corrected chi connectivity index (χ4v) is 2.74. The molecule has 0 saturated carbocycles. The highest BCUT2D eigenvalue weighted by Gasteiger charge is 2.36. The summed E-state index contributed by atoms with van der Waals surface area (Å²) in [6.07, 6.45) is 2.16. The molecule has 84 valence electrons. The van der Waals surface area contributed by atoms with Crippen molar-refractivity contribution in [2.45, 2.75) is 25.3 Å². The lowest BCUT2D eigenvalue weighted by atomic mass is 9.92. The zero-order valence-electron chi connectivity index (χ0n) is 8.81. The fourth-order valence-electron chi connectivity index (χ4n) is 2.74. The molecule has 1 amide bonds. The van der Waals surface area contributed by atoms with Crippen LogP contribution in [0.2, 0.25) is 0 Å². The second-order valence-corrected chi connectivity index (χ2v) is 4.43. The quantitative estimate of drug-likeness (QED) is 0.647. The van der Waals surface area contributed by atoms with Crippen molar-refractivity contribution >= 4 is 5.91 Å². The fraction of sp³-hybridized carbons (Fsp3) is 0.417. The Labute approximate surface area is 93.1 Å². The minimum Gasteiger partial charge on any atom is -0.504 e. The number of phenols is 2. The third-order valence-electron chi connectivity index (χ3n) is 3.55. The molecule has 1 aromatic rings. The summed E-state index contributed by atoms with van der Waals surface area (Å²) in [6, 6.07) is 3.31. The van der Waals surface area contributed by atoms with Gasteiger partial charge in [-0.15, -0.1) is 0 Å². The normalized spacial score (nSPS) is 23.1. The van der Waals surface area contributed by atoms with E-state index < -0.39 is 0 Å². The number of hydrogen-bond acceptors (Lipinski definition) is 3. The Kier molecular flexibility index (Phi) is 1.87. The average Bonchev–Trinajstić information content (AvgIpc) is 2.63. The summed E-state index contributed by atoms with van der Waals surface area (Å²) in [5, 5.41) is 18.9. The first-order valence-electron chi connectivity index (χ1n) is 5.51. The summed E-state index contributed by atoms with van der Waals surface area (Å²) < 4.78 is 0. The van der Waals surface area contributed by atoms with E-state index in [4.69, 9.17) is 0 Å². The van der Waals surface area contributed by atoms with Crippen molar-refractivity contribution in [3.63, 3.8) is 0 Å². The zero-order valence-corrected chi connectivity index (χ0v) is 8.81. The van der Waals surface area contributed by atoms with Crippen molar-refractivity contribution in [1.29, 1.82) is 0 Å². The summed E-state index contributed by atoms with van der Waals surface area (Å²) in [7, 11) is 0. The lowest BCUT2D eigenvalue weighted by Gasteiger charge is -2.32. The number of phenolic OH excluding ortho intramolecular Hbond substituents is 2. The lowest BCUT2D eigenvalue weighted by molar-refractivity contribution is -0.129. The van der Waals surface area contributed by atoms with Gasteiger partial charge in [0.15, 0.2) is 11.5 Å². The molecule has 1 fully saturated rings. The van der Waals surface area contributed by atoms with Crippen LogP contribution >= 0.6 is 0 Å². The van der Waals surface area contributed by atoms with Crippen LogP contribution in [-0.4, -0.2) is 27.6 Å². The van der Waals surface area contributed by atoms with Crippen LogP contribution in [0.25, 0.3) is 0 Å². The Morgan fingerprint density at radius 3 is 2.75 bits per heavy atom. The molecule has 16 heavy (non-hydrogen) atoms. The summed E-state index contributed by atoms with van der Waals surface area (Å²) in [6.45, 7) is 0.723. The van der Waals surface area contributed by atoms with Crippen molar-refractivity contribution in [1.82, 2.24) is 4.90 Å². The maximum absolute atomic E-state index is 11.6. The van der Waals surface area contributed by atoms with Crippen LogP contribution in [0.15, 0.2) is 12.1 Å². The van der Waals surface area contributed by atoms with E-state index in [9.17, 15) is 15.0 Å². The first kappa shape index (κ1) is 9.51. The smallest absolute Gasteiger partial charge is 0.223 e. The van der Waals surface area contributed by atoms with Crippen molar-refractivity contribution in [3.05, 3.63) is 23.3 Å². The predicted molar refractivity (Wildman–Crippen MR) is 57.2 cm³/mol. The highest BCUT2D eigenvalue weighted by molar-refractivity contribution is 5.79. The molecule has 2 N–H and O–H groups in total. The molecule has 0 aliphatic carbocycles. The number of carbonyl (C=O) groups excluding carboxylic acids is 1. The minimum atomic E-state index is -0.0973. The van der Waals surface area contributed by atoms with Crippen LogP contribution in [0.4, 0.5) is 0 Å². The van der Waals surface area contributed by atoms with E-state index in [1.165, 1.54) is 0 Å². The molecule has 0 spiro atoms. The van der Waals surface area contributed by atoms with Crippen LogP contribution in [0, 0.1) is 0 Å². The highest BCUT2D eigenvalue weighted by Crippen LogP contribution is 2.41. The Morgan fingerprint density at radius 1 is 1.19 bits per heavy atom. The Hall–Kier alpha value is -1.71. The maximum atomic E-state index is 11.6. The zero-order chi connectivity index (χ0) is 11.3. The van der Waals surface area contributed by atoms with Gasteiger partial charge in [0.2, 0.25) is 5.91 Å². The summed E-state index contributed by atoms with van der Waals surface area (Å²) in [5.74, 6) is 0.0275. The summed E-state index contributed by atoms with van der Waals surface area (Å²) in [4.78, 5) is 13.5. The van der Waals surface area contributed by atoms with E-state index in [0.29, 0.717) is 6.42 Å². The van der Waals surface area contributed by atoms with Gasteiger partial charge in [-0.3, -0.25) is 4.79 Å². The molecule has 0 aromatic heterocycles. The standard InChI is InChI=1S/C12H13NO3/c14-10-5-7-3-4-13-9(1-2-12(13)16)8(7)6-11(10)15/h5-6,9,14-15H,1-4H2/t9-/m1/s1. The van der Waals surface area contributed by atoms with Crippen LogP contribution in [0.5, 0.6) is 11.5 Å². The van der Waals surface area contributed by atoms with Gasteiger partial charge in [0.1, 0.15) is 0 Å². The summed E-state index contributed by atoms with van der Waals surface area (Å²) >= 11 is 0. The molecule has 3 rings (SSSR count). The highest BCUT2D eigenvalue weighted by atomic mass is 16.3. The van der Waals surface area contributed by atoms with Gasteiger partial charge >= 0.3 is 0 Å². The van der Waals surface area contributed by atoms with E-state index in [-0.39, 0.29) is 23.4 Å². The van der Waals surface area contributed by atoms with Gasteiger partial charge in [-0.1, -0.05) is 0 Å². The topological polar surface area (TPSA) is 60.8 Å². The average molecular weight is 219 g/mol. The largest absolute Gasteiger partial charge is 0.504 e. The van der Waals surface area contributed by atoms with Gasteiger partial charge in [0.25, 0.3) is 0 Å². The number of hydrogen-bond donors (Lipinski definition) is 2. The second kappa shape index (κ2) is 3.14. The Balaban J connectivity index is 2.09. The van der Waals surface area contributed by atoms with Crippen molar-refractivity contribution < 1.29 is 15.0 Å². The maximum Gasteiger partial charge on any atom is 0.223 e. The van der Waals surface area contributed by atoms with Crippen LogP contribution in [0.1, 0.15) is 30.0 Å². The van der Waals surface area contributed by atoms with Crippen molar-refractivity contribution in [3.8, 4) is 11.5 Å².